The van der Waals surface area contributed by atoms with Crippen LogP contribution in [0.15, 0.2) is 66.3 Å². The second kappa shape index (κ2) is 19.8. The SMILES string of the molecule is CCOC(=O)C(Cc1ccc(-c2ccccc2)cc1)(OC[C@H]1O[C@@H](n2cnc3c(N(C(=O)OC(C)(C)C)C(=O)OC(C)(C)C)nc(Cl)nc32)[C@H](OC(=O)OC(C)(C)C)[C@@H]1C)c1csc(Cl)n1. The number of rotatable bonds is 12. The first-order valence-electron chi connectivity index (χ1n) is 21.2. The van der Waals surface area contributed by atoms with Crippen molar-refractivity contribution in [2.24, 2.45) is 5.92 Å². The fraction of sp³-hybridized carbons (Fsp3) is 0.478. The number of imide groups is 1. The Bertz CT molecular complexity index is 2510. The highest BCUT2D eigenvalue weighted by atomic mass is 35.5. The number of carbonyl (C=O) groups excluding carboxylic acids is 4. The second-order valence-corrected chi connectivity index (χ2v) is 20.3. The molecule has 0 spiro atoms. The normalized spacial score (nSPS) is 18.6. The van der Waals surface area contributed by atoms with Crippen molar-refractivity contribution < 1.29 is 52.3 Å². The first kappa shape index (κ1) is 50.0. The van der Waals surface area contributed by atoms with Crippen molar-refractivity contribution in [1.82, 2.24) is 24.5 Å². The second-order valence-electron chi connectivity index (χ2n) is 18.5. The molecule has 20 heteroatoms. The van der Waals surface area contributed by atoms with Gasteiger partial charge < -0.3 is 33.2 Å². The van der Waals surface area contributed by atoms with Crippen LogP contribution >= 0.6 is 34.5 Å². The molecule has 0 N–H and O–H groups in total. The third-order valence-corrected chi connectivity index (χ3v) is 11.0. The van der Waals surface area contributed by atoms with Gasteiger partial charge in [0.2, 0.25) is 10.9 Å². The van der Waals surface area contributed by atoms with E-state index >= 15 is 0 Å². The number of amides is 2. The maximum absolute atomic E-state index is 14.3. The summed E-state index contributed by atoms with van der Waals surface area (Å²) in [5.74, 6) is -1.72. The molecule has 0 bridgehead atoms. The van der Waals surface area contributed by atoms with Crippen molar-refractivity contribution >= 4 is 75.8 Å². The van der Waals surface area contributed by atoms with Gasteiger partial charge in [-0.2, -0.15) is 14.9 Å². The molecule has 354 valence electrons. The van der Waals surface area contributed by atoms with Gasteiger partial charge in [-0.1, -0.05) is 73.1 Å². The zero-order valence-electron chi connectivity index (χ0n) is 38.6. The highest BCUT2D eigenvalue weighted by Crippen LogP contribution is 2.42. The predicted molar refractivity (Wildman–Crippen MR) is 246 cm³/mol. The molecule has 5 aromatic rings. The Labute approximate surface area is 397 Å². The number of carbonyl (C=O) groups is 4. The topological polar surface area (TPSA) is 193 Å². The number of benzene rings is 2. The van der Waals surface area contributed by atoms with E-state index in [2.05, 4.69) is 19.9 Å². The number of halogens is 2. The summed E-state index contributed by atoms with van der Waals surface area (Å²) in [6.45, 7) is 18.1. The number of aromatic nitrogens is 5. The number of nitrogens with zero attached hydrogens (tertiary/aromatic N) is 6. The van der Waals surface area contributed by atoms with E-state index in [9.17, 15) is 19.2 Å². The van der Waals surface area contributed by atoms with Crippen molar-refractivity contribution in [3.63, 3.8) is 0 Å². The molecule has 66 heavy (non-hydrogen) atoms. The third-order valence-electron chi connectivity index (χ3n) is 9.84. The molecule has 5 atom stereocenters. The number of hydrogen-bond donors (Lipinski definition) is 0. The van der Waals surface area contributed by atoms with E-state index < -0.39 is 71.1 Å². The van der Waals surface area contributed by atoms with Gasteiger partial charge in [0.1, 0.15) is 16.8 Å². The molecule has 2 aromatic carbocycles. The number of hydrogen-bond acceptors (Lipinski definition) is 16. The quantitative estimate of drug-likeness (QED) is 0.0651. The van der Waals surface area contributed by atoms with E-state index in [-0.39, 0.29) is 52.1 Å². The fourth-order valence-electron chi connectivity index (χ4n) is 6.99. The van der Waals surface area contributed by atoms with Gasteiger partial charge >= 0.3 is 24.3 Å². The van der Waals surface area contributed by atoms with Gasteiger partial charge in [0.05, 0.1) is 31.3 Å². The van der Waals surface area contributed by atoms with Gasteiger partial charge in [0.25, 0.3) is 0 Å². The molecular weight excluding hydrogens is 916 g/mol. The van der Waals surface area contributed by atoms with Gasteiger partial charge in [0, 0.05) is 17.7 Å². The molecule has 1 aliphatic heterocycles. The van der Waals surface area contributed by atoms with Gasteiger partial charge in [-0.15, -0.1) is 11.3 Å². The lowest BCUT2D eigenvalue weighted by Gasteiger charge is -2.32. The molecule has 0 radical (unpaired) electrons. The molecule has 3 aromatic heterocycles. The Morgan fingerprint density at radius 2 is 1.42 bits per heavy atom. The fourth-order valence-corrected chi connectivity index (χ4v) is 7.98. The summed E-state index contributed by atoms with van der Waals surface area (Å²) < 4.78 is 43.5. The van der Waals surface area contributed by atoms with Crippen LogP contribution in [0.5, 0.6) is 0 Å². The van der Waals surface area contributed by atoms with E-state index in [1.807, 2.05) is 54.6 Å². The number of ether oxygens (including phenoxy) is 7. The molecule has 1 aliphatic rings. The zero-order chi connectivity index (χ0) is 48.4. The summed E-state index contributed by atoms with van der Waals surface area (Å²) in [6, 6.07) is 17.6. The monoisotopic (exact) mass is 968 g/mol. The lowest BCUT2D eigenvalue weighted by Crippen LogP contribution is -2.45. The third kappa shape index (κ3) is 11.9. The van der Waals surface area contributed by atoms with Crippen LogP contribution in [0.2, 0.25) is 9.75 Å². The van der Waals surface area contributed by atoms with Crippen molar-refractivity contribution in [3.8, 4) is 11.1 Å². The highest BCUT2D eigenvalue weighted by molar-refractivity contribution is 7.14. The number of anilines is 1. The van der Waals surface area contributed by atoms with Crippen molar-refractivity contribution in [2.45, 2.75) is 123 Å². The van der Waals surface area contributed by atoms with Gasteiger partial charge in [0.15, 0.2) is 33.8 Å². The van der Waals surface area contributed by atoms with Gasteiger partial charge in [-0.25, -0.2) is 29.1 Å². The minimum atomic E-state index is -1.82. The Balaban J connectivity index is 1.40. The van der Waals surface area contributed by atoms with E-state index in [4.69, 9.17) is 56.4 Å². The number of esters is 1. The lowest BCUT2D eigenvalue weighted by atomic mass is 9.90. The Kier molecular flexibility index (Phi) is 15.0. The summed E-state index contributed by atoms with van der Waals surface area (Å²) in [5.41, 5.74) is -1.95. The predicted octanol–water partition coefficient (Wildman–Crippen LogP) is 10.5. The number of imidazole rings is 1. The van der Waals surface area contributed by atoms with Crippen molar-refractivity contribution in [3.05, 3.63) is 87.3 Å². The summed E-state index contributed by atoms with van der Waals surface area (Å²) >= 11 is 14.1. The van der Waals surface area contributed by atoms with Crippen LogP contribution in [0.1, 0.15) is 93.6 Å². The molecule has 0 aliphatic carbocycles. The van der Waals surface area contributed by atoms with Crippen LogP contribution < -0.4 is 4.90 Å². The minimum Gasteiger partial charge on any atom is -0.464 e. The van der Waals surface area contributed by atoms with Crippen molar-refractivity contribution in [2.75, 3.05) is 18.1 Å². The largest absolute Gasteiger partial charge is 0.509 e. The van der Waals surface area contributed by atoms with Crippen LogP contribution in [-0.2, 0) is 50.0 Å². The molecule has 1 fully saturated rings. The van der Waals surface area contributed by atoms with Crippen LogP contribution in [0.25, 0.3) is 22.3 Å². The van der Waals surface area contributed by atoms with Crippen LogP contribution in [-0.4, -0.2) is 91.0 Å². The van der Waals surface area contributed by atoms with Gasteiger partial charge in [-0.3, -0.25) is 4.57 Å². The molecule has 2 amide bonds. The molecule has 0 saturated carbocycles. The molecule has 1 unspecified atom stereocenters. The Morgan fingerprint density at radius 1 is 0.818 bits per heavy atom. The summed E-state index contributed by atoms with van der Waals surface area (Å²) in [6.07, 6.45) is -5.15. The van der Waals surface area contributed by atoms with E-state index in [1.165, 1.54) is 10.9 Å². The maximum atomic E-state index is 14.3. The van der Waals surface area contributed by atoms with Crippen LogP contribution in [0.3, 0.4) is 0 Å². The first-order valence-corrected chi connectivity index (χ1v) is 22.8. The lowest BCUT2D eigenvalue weighted by molar-refractivity contribution is -0.181. The molecule has 1 saturated heterocycles. The Morgan fingerprint density at radius 3 is 1.98 bits per heavy atom. The minimum absolute atomic E-state index is 0.000513. The smallest absolute Gasteiger partial charge is 0.464 e. The summed E-state index contributed by atoms with van der Waals surface area (Å²) in [4.78, 5) is 73.4. The summed E-state index contributed by atoms with van der Waals surface area (Å²) in [7, 11) is 0. The maximum Gasteiger partial charge on any atom is 0.509 e. The van der Waals surface area contributed by atoms with E-state index in [0.717, 1.165) is 28.0 Å². The average Bonchev–Trinajstić information content (AvgIpc) is 3.92. The van der Waals surface area contributed by atoms with E-state index in [1.54, 1.807) is 81.5 Å². The van der Waals surface area contributed by atoms with Crippen LogP contribution in [0.4, 0.5) is 20.2 Å². The number of fused-ring (bicyclic) bond motifs is 1. The molecule has 17 nitrogen and oxygen atoms in total. The average molecular weight is 970 g/mol. The standard InChI is InChI=1S/C46H54Cl2N6O11S/c1-12-59-37(55)46(31-24-66-39(48)50-31,22-27-18-20-29(21-19-27)28-16-14-13-15-17-28)60-23-30-26(2)33(62-42(58)65-45(9,10)11)36(61-30)53-25-49-32-34(53)51-38(47)52-35(32)54(40(56)63-43(3,4)5)41(57)64-44(6,7)8/h13-21,24-26,30,33,36H,12,22-23H2,1-11H3/t26-,30-,33-,36-,46?/m1/s1. The molecule has 6 rings (SSSR count). The highest BCUT2D eigenvalue weighted by Gasteiger charge is 2.51. The first-order chi connectivity index (χ1) is 30.9. The van der Waals surface area contributed by atoms with E-state index in [0.29, 0.717) is 4.90 Å². The Hall–Kier alpha value is -5.40. The molecule has 4 heterocycles. The summed E-state index contributed by atoms with van der Waals surface area (Å²) in [5, 5.41) is 1.26. The van der Waals surface area contributed by atoms with Crippen molar-refractivity contribution in [1.29, 1.82) is 0 Å². The zero-order valence-corrected chi connectivity index (χ0v) is 40.9. The number of thiazole rings is 1. The van der Waals surface area contributed by atoms with Crippen LogP contribution in [0, 0.1) is 5.92 Å². The molecular formula is C46H54Cl2N6O11S. The van der Waals surface area contributed by atoms with Gasteiger partial charge in [-0.05, 0) is 97.5 Å².